The summed E-state index contributed by atoms with van der Waals surface area (Å²) in [5.41, 5.74) is 1.39. The molecule has 1 fully saturated rings. The van der Waals surface area contributed by atoms with E-state index in [9.17, 15) is 14.9 Å². The highest BCUT2D eigenvalue weighted by molar-refractivity contribution is 6.30. The molecule has 144 valence electrons. The van der Waals surface area contributed by atoms with Crippen molar-refractivity contribution in [2.24, 2.45) is 0 Å². The van der Waals surface area contributed by atoms with Crippen LogP contribution < -0.4 is 0 Å². The summed E-state index contributed by atoms with van der Waals surface area (Å²) in [4.78, 5) is 27.3. The molecule has 0 spiro atoms. The number of amides is 1. The minimum atomic E-state index is -0.572. The number of aryl methyl sites for hydroxylation is 1. The standard InChI is InChI=1S/C18H22ClN5O3/c1-13-17(24(26)27)12-23(20-13)14(2)18(25)22-8-6-21(7-9-22)11-15-4-3-5-16(19)10-15/h3-5,10,12,14H,6-9,11H2,1-2H3. The Kier molecular flexibility index (Phi) is 5.76. The first-order valence-corrected chi connectivity index (χ1v) is 9.18. The summed E-state index contributed by atoms with van der Waals surface area (Å²) in [6.07, 6.45) is 1.33. The molecule has 0 N–H and O–H groups in total. The predicted molar refractivity (Wildman–Crippen MR) is 102 cm³/mol. The highest BCUT2D eigenvalue weighted by atomic mass is 35.5. The normalized spacial score (nSPS) is 16.3. The van der Waals surface area contributed by atoms with Gasteiger partial charge in [0.25, 0.3) is 0 Å². The quantitative estimate of drug-likeness (QED) is 0.577. The Bertz CT molecular complexity index is 845. The van der Waals surface area contributed by atoms with Crippen LogP contribution in [0.2, 0.25) is 5.02 Å². The van der Waals surface area contributed by atoms with Gasteiger partial charge in [-0.25, -0.2) is 0 Å². The van der Waals surface area contributed by atoms with Crippen molar-refractivity contribution in [1.29, 1.82) is 0 Å². The zero-order valence-corrected chi connectivity index (χ0v) is 16.1. The average Bonchev–Trinajstić information content (AvgIpc) is 3.03. The maximum absolute atomic E-state index is 12.8. The molecule has 0 radical (unpaired) electrons. The zero-order chi connectivity index (χ0) is 19.6. The minimum Gasteiger partial charge on any atom is -0.338 e. The van der Waals surface area contributed by atoms with Crippen LogP contribution in [0.3, 0.4) is 0 Å². The van der Waals surface area contributed by atoms with E-state index in [1.54, 1.807) is 18.7 Å². The number of nitrogens with zero attached hydrogens (tertiary/aromatic N) is 5. The van der Waals surface area contributed by atoms with Crippen LogP contribution in [0.15, 0.2) is 30.5 Å². The van der Waals surface area contributed by atoms with Crippen molar-refractivity contribution in [3.05, 3.63) is 56.9 Å². The lowest BCUT2D eigenvalue weighted by Crippen LogP contribution is -2.49. The Morgan fingerprint density at radius 2 is 2.04 bits per heavy atom. The molecule has 1 atom stereocenters. The molecule has 2 aromatic rings. The SMILES string of the molecule is Cc1nn(C(C)C(=O)N2CCN(Cc3cccc(Cl)c3)CC2)cc1[N+](=O)[O-]. The van der Waals surface area contributed by atoms with Gasteiger partial charge in [0.1, 0.15) is 17.9 Å². The molecule has 27 heavy (non-hydrogen) atoms. The third-order valence-corrected chi connectivity index (χ3v) is 5.06. The fourth-order valence-corrected chi connectivity index (χ4v) is 3.46. The van der Waals surface area contributed by atoms with Gasteiger partial charge in [0.05, 0.1) is 4.92 Å². The molecule has 1 aliphatic heterocycles. The van der Waals surface area contributed by atoms with Gasteiger partial charge in [-0.15, -0.1) is 0 Å². The Morgan fingerprint density at radius 1 is 1.33 bits per heavy atom. The largest absolute Gasteiger partial charge is 0.338 e. The number of halogens is 1. The first-order valence-electron chi connectivity index (χ1n) is 8.81. The maximum atomic E-state index is 12.8. The summed E-state index contributed by atoms with van der Waals surface area (Å²) >= 11 is 6.03. The second kappa shape index (κ2) is 8.06. The van der Waals surface area contributed by atoms with Gasteiger partial charge in [-0.2, -0.15) is 5.10 Å². The van der Waals surface area contributed by atoms with Gasteiger partial charge in [0, 0.05) is 37.7 Å². The number of carbonyl (C=O) groups is 1. The third kappa shape index (κ3) is 4.45. The van der Waals surface area contributed by atoms with E-state index in [4.69, 9.17) is 11.6 Å². The number of carbonyl (C=O) groups excluding carboxylic acids is 1. The van der Waals surface area contributed by atoms with Gasteiger partial charge in [-0.3, -0.25) is 24.5 Å². The fraction of sp³-hybridized carbons (Fsp3) is 0.444. The second-order valence-electron chi connectivity index (χ2n) is 6.74. The van der Waals surface area contributed by atoms with Gasteiger partial charge >= 0.3 is 5.69 Å². The maximum Gasteiger partial charge on any atom is 0.309 e. The predicted octanol–water partition coefficient (Wildman–Crippen LogP) is 2.66. The van der Waals surface area contributed by atoms with Crippen LogP contribution in [0, 0.1) is 17.0 Å². The van der Waals surface area contributed by atoms with E-state index >= 15 is 0 Å². The lowest BCUT2D eigenvalue weighted by atomic mass is 10.2. The van der Waals surface area contributed by atoms with Crippen molar-refractivity contribution in [3.8, 4) is 0 Å². The van der Waals surface area contributed by atoms with Crippen LogP contribution in [-0.2, 0) is 11.3 Å². The molecule has 3 rings (SSSR count). The smallest absolute Gasteiger partial charge is 0.309 e. The lowest BCUT2D eigenvalue weighted by Gasteiger charge is -2.36. The van der Waals surface area contributed by atoms with Crippen molar-refractivity contribution in [2.45, 2.75) is 26.4 Å². The van der Waals surface area contributed by atoms with Crippen LogP contribution in [-0.4, -0.2) is 56.6 Å². The van der Waals surface area contributed by atoms with Crippen molar-refractivity contribution in [2.75, 3.05) is 26.2 Å². The van der Waals surface area contributed by atoms with Gasteiger partial charge in [-0.05, 0) is 31.5 Å². The van der Waals surface area contributed by atoms with Crippen molar-refractivity contribution >= 4 is 23.2 Å². The van der Waals surface area contributed by atoms with E-state index < -0.39 is 11.0 Å². The summed E-state index contributed by atoms with van der Waals surface area (Å²) in [6.45, 7) is 6.85. The van der Waals surface area contributed by atoms with Gasteiger partial charge in [0.15, 0.2) is 0 Å². The number of rotatable bonds is 5. The molecule has 1 aromatic heterocycles. The van der Waals surface area contributed by atoms with Crippen molar-refractivity contribution < 1.29 is 9.72 Å². The molecular formula is C18H22ClN5O3. The summed E-state index contributed by atoms with van der Waals surface area (Å²) < 4.78 is 1.38. The molecule has 0 bridgehead atoms. The summed E-state index contributed by atoms with van der Waals surface area (Å²) in [5, 5.41) is 15.8. The summed E-state index contributed by atoms with van der Waals surface area (Å²) in [5.74, 6) is -0.0743. The van der Waals surface area contributed by atoms with E-state index in [-0.39, 0.29) is 11.6 Å². The Balaban J connectivity index is 1.58. The minimum absolute atomic E-state index is 0.0685. The van der Waals surface area contributed by atoms with Gasteiger partial charge in [0.2, 0.25) is 5.91 Å². The molecule has 8 nitrogen and oxygen atoms in total. The van der Waals surface area contributed by atoms with Crippen LogP contribution in [0.1, 0.15) is 24.2 Å². The fourth-order valence-electron chi connectivity index (χ4n) is 3.25. The van der Waals surface area contributed by atoms with Gasteiger partial charge < -0.3 is 4.90 Å². The Morgan fingerprint density at radius 3 is 2.63 bits per heavy atom. The molecule has 2 heterocycles. The molecule has 9 heteroatoms. The number of piperazine rings is 1. The number of hydrogen-bond acceptors (Lipinski definition) is 5. The second-order valence-corrected chi connectivity index (χ2v) is 7.18. The molecule has 1 aliphatic rings. The van der Waals surface area contributed by atoms with Crippen molar-refractivity contribution in [3.63, 3.8) is 0 Å². The van der Waals surface area contributed by atoms with Gasteiger partial charge in [-0.1, -0.05) is 23.7 Å². The molecule has 1 unspecified atom stereocenters. The van der Waals surface area contributed by atoms with E-state index in [0.717, 1.165) is 30.2 Å². The average molecular weight is 392 g/mol. The van der Waals surface area contributed by atoms with E-state index in [1.807, 2.05) is 24.3 Å². The molecule has 0 saturated carbocycles. The van der Waals surface area contributed by atoms with Crippen LogP contribution in [0.25, 0.3) is 0 Å². The molecular weight excluding hydrogens is 370 g/mol. The number of aromatic nitrogens is 2. The highest BCUT2D eigenvalue weighted by Crippen LogP contribution is 2.20. The Labute approximate surface area is 162 Å². The monoisotopic (exact) mass is 391 g/mol. The first kappa shape index (κ1) is 19.3. The lowest BCUT2D eigenvalue weighted by molar-refractivity contribution is -0.385. The third-order valence-electron chi connectivity index (χ3n) is 4.82. The number of hydrogen-bond donors (Lipinski definition) is 0. The Hall–Kier alpha value is -2.45. The first-order chi connectivity index (χ1) is 12.8. The topological polar surface area (TPSA) is 84.5 Å². The number of benzene rings is 1. The molecule has 0 aliphatic carbocycles. The highest BCUT2D eigenvalue weighted by Gasteiger charge is 2.28. The van der Waals surface area contributed by atoms with E-state index in [0.29, 0.717) is 18.8 Å². The van der Waals surface area contributed by atoms with Crippen molar-refractivity contribution in [1.82, 2.24) is 19.6 Å². The van der Waals surface area contributed by atoms with Crippen LogP contribution in [0.5, 0.6) is 0 Å². The van der Waals surface area contributed by atoms with E-state index in [1.165, 1.54) is 10.9 Å². The molecule has 1 saturated heterocycles. The number of nitro groups is 1. The summed E-state index contributed by atoms with van der Waals surface area (Å²) in [6, 6.07) is 7.21. The van der Waals surface area contributed by atoms with Crippen LogP contribution >= 0.6 is 11.6 Å². The summed E-state index contributed by atoms with van der Waals surface area (Å²) in [7, 11) is 0. The zero-order valence-electron chi connectivity index (χ0n) is 15.3. The molecule has 1 amide bonds. The molecule has 1 aromatic carbocycles. The van der Waals surface area contributed by atoms with Crippen LogP contribution in [0.4, 0.5) is 5.69 Å². The van der Waals surface area contributed by atoms with E-state index in [2.05, 4.69) is 10.00 Å².